The summed E-state index contributed by atoms with van der Waals surface area (Å²) in [4.78, 5) is 31.4. The second kappa shape index (κ2) is 12.2. The summed E-state index contributed by atoms with van der Waals surface area (Å²) in [5.41, 5.74) is 1.58. The van der Waals surface area contributed by atoms with Crippen molar-refractivity contribution in [1.29, 1.82) is 0 Å². The Morgan fingerprint density at radius 1 is 1.11 bits per heavy atom. The van der Waals surface area contributed by atoms with Gasteiger partial charge in [-0.05, 0) is 74.2 Å². The van der Waals surface area contributed by atoms with E-state index in [1.165, 1.54) is 12.1 Å². The molecule has 9 heteroatoms. The molecule has 0 saturated carbocycles. The number of nitrogens with one attached hydrogen (secondary N) is 1. The van der Waals surface area contributed by atoms with E-state index in [-0.39, 0.29) is 23.6 Å². The van der Waals surface area contributed by atoms with Gasteiger partial charge in [0.05, 0.1) is 10.0 Å². The Labute approximate surface area is 223 Å². The van der Waals surface area contributed by atoms with E-state index >= 15 is 0 Å². The number of urea groups is 1. The molecule has 36 heavy (non-hydrogen) atoms. The Kier molecular flexibility index (Phi) is 8.99. The lowest BCUT2D eigenvalue weighted by atomic mass is 9.93. The molecular weight excluding hydrogens is 499 g/mol. The average Bonchev–Trinajstić information content (AvgIpc) is 2.89. The summed E-state index contributed by atoms with van der Waals surface area (Å²) in [5.74, 6) is 0.115. The van der Waals surface area contributed by atoms with Crippen LogP contribution in [0.15, 0.2) is 42.5 Å². The Bertz CT molecular complexity index is 1060. The lowest BCUT2D eigenvalue weighted by Gasteiger charge is -2.40. The molecule has 2 heterocycles. The van der Waals surface area contributed by atoms with Crippen molar-refractivity contribution < 1.29 is 14.7 Å². The molecule has 194 valence electrons. The van der Waals surface area contributed by atoms with E-state index in [1.807, 2.05) is 23.1 Å². The number of hydrogen-bond acceptors (Lipinski definition) is 4. The summed E-state index contributed by atoms with van der Waals surface area (Å²) in [7, 11) is 1.80. The number of phenols is 1. The third-order valence-corrected chi connectivity index (χ3v) is 8.01. The first-order valence-corrected chi connectivity index (χ1v) is 13.3. The number of carbonyl (C=O) groups excluding carboxylic acids is 2. The number of phenolic OH excluding ortho intramolecular Hbond substituents is 1. The zero-order valence-corrected chi connectivity index (χ0v) is 22.1. The number of likely N-dealkylation sites (N-methyl/N-ethyl adjacent to an activating group) is 1. The van der Waals surface area contributed by atoms with Crippen LogP contribution < -0.4 is 5.32 Å². The Morgan fingerprint density at radius 2 is 1.83 bits per heavy atom. The summed E-state index contributed by atoms with van der Waals surface area (Å²) in [5, 5.41) is 13.5. The predicted octanol–water partition coefficient (Wildman–Crippen LogP) is 4.82. The van der Waals surface area contributed by atoms with Crippen LogP contribution in [0.1, 0.15) is 47.5 Å². The Balaban J connectivity index is 1.38. The van der Waals surface area contributed by atoms with Crippen LogP contribution in [-0.4, -0.2) is 84.1 Å². The van der Waals surface area contributed by atoms with Gasteiger partial charge in [0.15, 0.2) is 0 Å². The molecule has 2 aromatic rings. The minimum Gasteiger partial charge on any atom is -0.508 e. The first-order chi connectivity index (χ1) is 17.3. The van der Waals surface area contributed by atoms with Crippen molar-refractivity contribution in [1.82, 2.24) is 20.0 Å². The molecule has 1 atom stereocenters. The monoisotopic (exact) mass is 532 g/mol. The molecule has 0 unspecified atom stereocenters. The quantitative estimate of drug-likeness (QED) is 0.510. The molecule has 4 rings (SSSR count). The topological polar surface area (TPSA) is 76.1 Å². The highest BCUT2D eigenvalue weighted by atomic mass is 35.5. The van der Waals surface area contributed by atoms with Crippen molar-refractivity contribution in [3.8, 4) is 5.75 Å². The molecule has 0 radical (unpaired) electrons. The van der Waals surface area contributed by atoms with Gasteiger partial charge in [0.25, 0.3) is 5.91 Å². The highest BCUT2D eigenvalue weighted by Gasteiger charge is 2.30. The maximum Gasteiger partial charge on any atom is 0.317 e. The Hall–Kier alpha value is -2.48. The first kappa shape index (κ1) is 26.6. The standard InChI is InChI=1S/C27H34Cl2N4O3/c1-31(26(35)19-3-6-23(34)7-4-19)18-21(20-5-8-24(28)25(29)17-20)9-14-32-15-10-22(11-16-32)33-13-2-12-30-27(33)36/h3-8,17,21-22,34H,2,9-16,18H2,1H3,(H,30,36)/t21-/m1/s1. The molecule has 7 nitrogen and oxygen atoms in total. The summed E-state index contributed by atoms with van der Waals surface area (Å²) in [6, 6.07) is 12.4. The van der Waals surface area contributed by atoms with Crippen LogP contribution in [0.3, 0.4) is 0 Å². The fraction of sp³-hybridized carbons (Fsp3) is 0.481. The van der Waals surface area contributed by atoms with Crippen LogP contribution in [0.4, 0.5) is 4.79 Å². The normalized spacial score (nSPS) is 18.1. The first-order valence-electron chi connectivity index (χ1n) is 12.6. The summed E-state index contributed by atoms with van der Waals surface area (Å²) in [6.07, 6.45) is 3.82. The van der Waals surface area contributed by atoms with Gasteiger partial charge < -0.3 is 25.1 Å². The second-order valence-corrected chi connectivity index (χ2v) is 10.6. The molecule has 3 amide bonds. The third-order valence-electron chi connectivity index (χ3n) is 7.27. The summed E-state index contributed by atoms with van der Waals surface area (Å²) >= 11 is 12.5. The average molecular weight is 534 g/mol. The summed E-state index contributed by atoms with van der Waals surface area (Å²) in [6.45, 7) is 4.94. The molecule has 0 aromatic heterocycles. The number of nitrogens with zero attached hydrogens (tertiary/aromatic N) is 3. The number of likely N-dealkylation sites (tertiary alicyclic amines) is 1. The van der Waals surface area contributed by atoms with E-state index in [9.17, 15) is 14.7 Å². The maximum absolute atomic E-state index is 13.0. The lowest BCUT2D eigenvalue weighted by Crippen LogP contribution is -2.54. The minimum atomic E-state index is -0.0966. The number of aromatic hydroxyl groups is 1. The van der Waals surface area contributed by atoms with Crippen molar-refractivity contribution in [3.05, 3.63) is 63.6 Å². The molecule has 2 N–H and O–H groups in total. The lowest BCUT2D eigenvalue weighted by molar-refractivity contribution is 0.0778. The van der Waals surface area contributed by atoms with Crippen LogP contribution in [-0.2, 0) is 0 Å². The van der Waals surface area contributed by atoms with Gasteiger partial charge in [-0.3, -0.25) is 4.79 Å². The fourth-order valence-corrected chi connectivity index (χ4v) is 5.46. The molecule has 0 spiro atoms. The summed E-state index contributed by atoms with van der Waals surface area (Å²) < 4.78 is 0. The van der Waals surface area contributed by atoms with Crippen LogP contribution in [0.5, 0.6) is 5.75 Å². The SMILES string of the molecule is CN(C[C@@H](CCN1CCC(N2CCCNC2=O)CC1)c1ccc(Cl)c(Cl)c1)C(=O)c1ccc(O)cc1. The van der Waals surface area contributed by atoms with Gasteiger partial charge in [-0.15, -0.1) is 0 Å². The van der Waals surface area contributed by atoms with E-state index in [0.717, 1.165) is 64.0 Å². The highest BCUT2D eigenvalue weighted by molar-refractivity contribution is 6.42. The van der Waals surface area contributed by atoms with Crippen LogP contribution in [0.2, 0.25) is 10.0 Å². The van der Waals surface area contributed by atoms with E-state index in [2.05, 4.69) is 10.2 Å². The second-order valence-electron chi connectivity index (χ2n) is 9.74. The van der Waals surface area contributed by atoms with Crippen LogP contribution in [0.25, 0.3) is 0 Å². The number of carbonyl (C=O) groups is 2. The van der Waals surface area contributed by atoms with Gasteiger partial charge in [0.2, 0.25) is 0 Å². The molecule has 2 saturated heterocycles. The van der Waals surface area contributed by atoms with Gasteiger partial charge in [0, 0.05) is 57.3 Å². The third kappa shape index (κ3) is 6.64. The smallest absolute Gasteiger partial charge is 0.317 e. The van der Waals surface area contributed by atoms with Crippen molar-refractivity contribution in [2.75, 3.05) is 46.3 Å². The van der Waals surface area contributed by atoms with Gasteiger partial charge >= 0.3 is 6.03 Å². The number of benzene rings is 2. The molecular formula is C27H34Cl2N4O3. The van der Waals surface area contributed by atoms with Gasteiger partial charge in [0.1, 0.15) is 5.75 Å². The highest BCUT2D eigenvalue weighted by Crippen LogP contribution is 2.30. The minimum absolute atomic E-state index is 0.0701. The molecule has 2 aromatic carbocycles. The predicted molar refractivity (Wildman–Crippen MR) is 143 cm³/mol. The zero-order valence-electron chi connectivity index (χ0n) is 20.6. The van der Waals surface area contributed by atoms with E-state index in [1.54, 1.807) is 24.1 Å². The molecule has 2 aliphatic heterocycles. The van der Waals surface area contributed by atoms with E-state index < -0.39 is 0 Å². The van der Waals surface area contributed by atoms with Crippen molar-refractivity contribution in [2.45, 2.75) is 37.6 Å². The van der Waals surface area contributed by atoms with Crippen molar-refractivity contribution in [3.63, 3.8) is 0 Å². The van der Waals surface area contributed by atoms with E-state index in [0.29, 0.717) is 28.2 Å². The number of piperidine rings is 1. The van der Waals surface area contributed by atoms with Gasteiger partial charge in [-0.2, -0.15) is 0 Å². The number of amides is 3. The molecule has 2 aliphatic rings. The number of halogens is 2. The largest absolute Gasteiger partial charge is 0.508 e. The Morgan fingerprint density at radius 3 is 2.50 bits per heavy atom. The van der Waals surface area contributed by atoms with Crippen LogP contribution in [0, 0.1) is 0 Å². The fourth-order valence-electron chi connectivity index (χ4n) is 5.16. The molecule has 0 bridgehead atoms. The number of rotatable bonds is 8. The maximum atomic E-state index is 13.0. The molecule has 0 aliphatic carbocycles. The number of hydrogen-bond donors (Lipinski definition) is 2. The zero-order chi connectivity index (χ0) is 25.7. The van der Waals surface area contributed by atoms with Crippen LogP contribution >= 0.6 is 23.2 Å². The van der Waals surface area contributed by atoms with Gasteiger partial charge in [-0.1, -0.05) is 29.3 Å². The van der Waals surface area contributed by atoms with E-state index in [4.69, 9.17) is 23.2 Å². The molecule has 2 fully saturated rings. The van der Waals surface area contributed by atoms with Crippen molar-refractivity contribution >= 4 is 35.1 Å². The van der Waals surface area contributed by atoms with Gasteiger partial charge in [-0.25, -0.2) is 4.79 Å². The van der Waals surface area contributed by atoms with Crippen molar-refractivity contribution in [2.24, 2.45) is 0 Å².